The van der Waals surface area contributed by atoms with E-state index in [2.05, 4.69) is 0 Å². The Morgan fingerprint density at radius 2 is 1.81 bits per heavy atom. The smallest absolute Gasteiger partial charge is 0.187 e. The summed E-state index contributed by atoms with van der Waals surface area (Å²) in [5.41, 5.74) is 0.290. The Kier molecular flexibility index (Phi) is 7.15. The van der Waals surface area contributed by atoms with Gasteiger partial charge in [0.15, 0.2) is 17.8 Å². The van der Waals surface area contributed by atoms with E-state index >= 15 is 0 Å². The molecule has 0 radical (unpaired) electrons. The number of aromatic hydroxyl groups is 1. The zero-order chi connectivity index (χ0) is 19.4. The molecule has 148 valence electrons. The summed E-state index contributed by atoms with van der Waals surface area (Å²) < 4.78 is 15.8. The van der Waals surface area contributed by atoms with E-state index in [0.717, 1.165) is 0 Å². The summed E-state index contributed by atoms with van der Waals surface area (Å²) in [5, 5.41) is 68.0. The van der Waals surface area contributed by atoms with E-state index in [1.165, 1.54) is 25.3 Å². The maximum Gasteiger partial charge on any atom is 0.187 e. The topological polar surface area (TPSA) is 169 Å². The van der Waals surface area contributed by atoms with Crippen molar-refractivity contribution >= 4 is 0 Å². The molecule has 0 saturated carbocycles. The monoisotopic (exact) mass is 376 g/mol. The van der Waals surface area contributed by atoms with E-state index in [4.69, 9.17) is 14.2 Å². The van der Waals surface area contributed by atoms with Crippen molar-refractivity contribution in [3.05, 3.63) is 23.8 Å². The molecule has 0 bridgehead atoms. The van der Waals surface area contributed by atoms with Crippen molar-refractivity contribution in [1.82, 2.24) is 0 Å². The van der Waals surface area contributed by atoms with Crippen molar-refractivity contribution in [2.45, 2.75) is 42.9 Å². The summed E-state index contributed by atoms with van der Waals surface area (Å²) in [6, 6.07) is 4.07. The molecule has 7 N–H and O–H groups in total. The number of hydrogen-bond acceptors (Lipinski definition) is 10. The lowest BCUT2D eigenvalue weighted by molar-refractivity contribution is -0.319. The number of benzene rings is 1. The highest BCUT2D eigenvalue weighted by molar-refractivity contribution is 5.42. The first-order valence-corrected chi connectivity index (χ1v) is 7.95. The Labute approximate surface area is 149 Å². The van der Waals surface area contributed by atoms with Crippen molar-refractivity contribution in [3.63, 3.8) is 0 Å². The van der Waals surface area contributed by atoms with Crippen LogP contribution in [-0.2, 0) is 9.47 Å². The summed E-state index contributed by atoms with van der Waals surface area (Å²) >= 11 is 0. The number of methoxy groups -OCH3 is 1. The van der Waals surface area contributed by atoms with Gasteiger partial charge in [-0.2, -0.15) is 0 Å². The van der Waals surface area contributed by atoms with Crippen LogP contribution in [0, 0.1) is 0 Å². The molecule has 0 spiro atoms. The van der Waals surface area contributed by atoms with Gasteiger partial charge in [-0.25, -0.2) is 0 Å². The number of aliphatic hydroxyl groups excluding tert-OH is 6. The fourth-order valence-electron chi connectivity index (χ4n) is 2.68. The molecular weight excluding hydrogens is 352 g/mol. The molecule has 1 aliphatic heterocycles. The van der Waals surface area contributed by atoms with Crippen LogP contribution in [-0.4, -0.2) is 92.9 Å². The third-order valence-electron chi connectivity index (χ3n) is 4.20. The maximum absolute atomic E-state index is 10.1. The van der Waals surface area contributed by atoms with E-state index in [0.29, 0.717) is 0 Å². The van der Waals surface area contributed by atoms with Gasteiger partial charge in [-0.15, -0.1) is 0 Å². The second-order valence-corrected chi connectivity index (χ2v) is 5.94. The van der Waals surface area contributed by atoms with E-state index < -0.39 is 56.1 Å². The van der Waals surface area contributed by atoms with Gasteiger partial charge in [0.2, 0.25) is 0 Å². The Hall–Kier alpha value is -1.50. The van der Waals surface area contributed by atoms with Crippen molar-refractivity contribution in [1.29, 1.82) is 0 Å². The number of ether oxygens (including phenoxy) is 3. The largest absolute Gasteiger partial charge is 0.504 e. The van der Waals surface area contributed by atoms with Crippen LogP contribution < -0.4 is 4.74 Å². The molecule has 10 nitrogen and oxygen atoms in total. The SMILES string of the molecule is COc1cc(C(OC2OC(CO)C(O)C(O)C2O)C(O)CO)ccc1O. The van der Waals surface area contributed by atoms with Gasteiger partial charge in [-0.3, -0.25) is 0 Å². The van der Waals surface area contributed by atoms with Gasteiger partial charge in [-0.05, 0) is 17.7 Å². The van der Waals surface area contributed by atoms with Crippen LogP contribution in [0.5, 0.6) is 11.5 Å². The highest BCUT2D eigenvalue weighted by atomic mass is 16.7. The molecule has 0 aromatic heterocycles. The summed E-state index contributed by atoms with van der Waals surface area (Å²) in [5.74, 6) is -0.0589. The van der Waals surface area contributed by atoms with Gasteiger partial charge in [0, 0.05) is 0 Å². The van der Waals surface area contributed by atoms with Crippen LogP contribution in [0.15, 0.2) is 18.2 Å². The highest BCUT2D eigenvalue weighted by Crippen LogP contribution is 2.34. The lowest BCUT2D eigenvalue weighted by atomic mass is 9.98. The minimum absolute atomic E-state index is 0.0926. The maximum atomic E-state index is 10.1. The van der Waals surface area contributed by atoms with Crippen molar-refractivity contribution in [2.24, 2.45) is 0 Å². The zero-order valence-electron chi connectivity index (χ0n) is 14.0. The lowest BCUT2D eigenvalue weighted by Gasteiger charge is -2.41. The molecule has 1 saturated heterocycles. The number of hydrogen-bond donors (Lipinski definition) is 7. The molecule has 2 rings (SSSR count). The number of rotatable bonds is 7. The predicted octanol–water partition coefficient (Wildman–Crippen LogP) is -2.39. The fraction of sp³-hybridized carbons (Fsp3) is 0.625. The molecule has 0 amide bonds. The Bertz CT molecular complexity index is 580. The first kappa shape index (κ1) is 20.8. The van der Waals surface area contributed by atoms with Crippen LogP contribution in [0.25, 0.3) is 0 Å². The average molecular weight is 376 g/mol. The second kappa shape index (κ2) is 8.93. The van der Waals surface area contributed by atoms with Crippen LogP contribution in [0.3, 0.4) is 0 Å². The predicted molar refractivity (Wildman–Crippen MR) is 85.3 cm³/mol. The molecule has 1 aromatic carbocycles. The second-order valence-electron chi connectivity index (χ2n) is 5.94. The van der Waals surface area contributed by atoms with Crippen LogP contribution in [0.4, 0.5) is 0 Å². The van der Waals surface area contributed by atoms with E-state index in [1.54, 1.807) is 0 Å². The molecule has 7 unspecified atom stereocenters. The number of phenols is 1. The Morgan fingerprint density at radius 3 is 2.38 bits per heavy atom. The average Bonchev–Trinajstić information content (AvgIpc) is 2.65. The molecule has 1 aliphatic rings. The summed E-state index contributed by atoms with van der Waals surface area (Å²) in [6.45, 7) is -1.32. The van der Waals surface area contributed by atoms with Crippen molar-refractivity contribution < 1.29 is 50.0 Å². The quantitative estimate of drug-likeness (QED) is 0.272. The molecule has 7 atom stereocenters. The molecular formula is C16H24O10. The molecule has 1 heterocycles. The van der Waals surface area contributed by atoms with Crippen LogP contribution >= 0.6 is 0 Å². The van der Waals surface area contributed by atoms with Crippen LogP contribution in [0.2, 0.25) is 0 Å². The first-order valence-electron chi connectivity index (χ1n) is 7.95. The van der Waals surface area contributed by atoms with Gasteiger partial charge >= 0.3 is 0 Å². The first-order chi connectivity index (χ1) is 12.3. The zero-order valence-corrected chi connectivity index (χ0v) is 14.0. The van der Waals surface area contributed by atoms with Gasteiger partial charge < -0.3 is 50.0 Å². The number of phenolic OH excluding ortho intramolecular Hbond substituents is 1. The molecule has 1 aromatic rings. The fourth-order valence-corrected chi connectivity index (χ4v) is 2.68. The third-order valence-corrected chi connectivity index (χ3v) is 4.20. The molecule has 26 heavy (non-hydrogen) atoms. The molecule has 10 heteroatoms. The van der Waals surface area contributed by atoms with Gasteiger partial charge in [-0.1, -0.05) is 6.07 Å². The minimum Gasteiger partial charge on any atom is -0.504 e. The van der Waals surface area contributed by atoms with Gasteiger partial charge in [0.05, 0.1) is 20.3 Å². The van der Waals surface area contributed by atoms with Gasteiger partial charge in [0.1, 0.15) is 36.6 Å². The van der Waals surface area contributed by atoms with Crippen molar-refractivity contribution in [2.75, 3.05) is 20.3 Å². The third kappa shape index (κ3) is 4.24. The summed E-state index contributed by atoms with van der Waals surface area (Å²) in [4.78, 5) is 0. The standard InChI is InChI=1S/C16H24O10/c1-24-10-4-7(2-3-8(10)19)15(9(20)5-17)26-16-14(23)13(22)12(21)11(6-18)25-16/h2-4,9,11-23H,5-6H2,1H3. The Balaban J connectivity index is 2.28. The lowest BCUT2D eigenvalue weighted by Crippen LogP contribution is -2.59. The summed E-state index contributed by atoms with van der Waals surface area (Å²) in [6.07, 6.45) is -10.2. The minimum atomic E-state index is -1.67. The summed E-state index contributed by atoms with van der Waals surface area (Å²) in [7, 11) is 1.33. The highest BCUT2D eigenvalue weighted by Gasteiger charge is 2.45. The molecule has 1 fully saturated rings. The normalized spacial score (nSPS) is 31.4. The van der Waals surface area contributed by atoms with Crippen molar-refractivity contribution in [3.8, 4) is 11.5 Å². The van der Waals surface area contributed by atoms with Gasteiger partial charge in [0.25, 0.3) is 0 Å². The van der Waals surface area contributed by atoms with E-state index in [9.17, 15) is 35.7 Å². The molecule has 0 aliphatic carbocycles. The van der Waals surface area contributed by atoms with Crippen LogP contribution in [0.1, 0.15) is 11.7 Å². The van der Waals surface area contributed by atoms with E-state index in [-0.39, 0.29) is 17.1 Å². The number of aliphatic hydroxyl groups is 6. The van der Waals surface area contributed by atoms with E-state index in [1.807, 2.05) is 0 Å². The Morgan fingerprint density at radius 1 is 1.12 bits per heavy atom.